The Bertz CT molecular complexity index is 690. The third kappa shape index (κ3) is 10.6. The van der Waals surface area contributed by atoms with Gasteiger partial charge in [-0.15, -0.1) is 0 Å². The van der Waals surface area contributed by atoms with Crippen molar-refractivity contribution in [3.63, 3.8) is 0 Å². The molecule has 154 valence electrons. The van der Waals surface area contributed by atoms with Gasteiger partial charge in [-0.1, -0.05) is 48.5 Å². The van der Waals surface area contributed by atoms with Crippen molar-refractivity contribution < 1.29 is 33.1 Å². The van der Waals surface area contributed by atoms with Gasteiger partial charge >= 0.3 is 7.82 Å². The molecular weight excluding hydrogens is 383 g/mol. The lowest BCUT2D eigenvalue weighted by Crippen LogP contribution is -2.29. The van der Waals surface area contributed by atoms with Crippen LogP contribution in [0.15, 0.2) is 60.7 Å². The van der Waals surface area contributed by atoms with Crippen LogP contribution in [0, 0.1) is 0 Å². The normalized spacial score (nSPS) is 12.6. The second kappa shape index (κ2) is 12.7. The summed E-state index contributed by atoms with van der Waals surface area (Å²) in [5, 5.41) is 0. The van der Waals surface area contributed by atoms with E-state index in [4.69, 9.17) is 24.0 Å². The molecule has 1 atom stereocenters. The first-order valence-electron chi connectivity index (χ1n) is 9.14. The molecule has 0 aliphatic heterocycles. The Balaban J connectivity index is 1.70. The number of rotatable bonds is 14. The van der Waals surface area contributed by atoms with E-state index in [9.17, 15) is 4.57 Å². The van der Waals surface area contributed by atoms with Crippen molar-refractivity contribution in [3.05, 3.63) is 66.2 Å². The summed E-state index contributed by atoms with van der Waals surface area (Å²) >= 11 is 0. The second-order valence-electron chi connectivity index (χ2n) is 6.10. The van der Waals surface area contributed by atoms with E-state index in [0.29, 0.717) is 19.0 Å². The number of aryl methyl sites for hydroxylation is 1. The molecule has 0 aliphatic carbocycles. The van der Waals surface area contributed by atoms with Crippen molar-refractivity contribution in [2.75, 3.05) is 33.0 Å². The lowest BCUT2D eigenvalue weighted by Gasteiger charge is -2.19. The van der Waals surface area contributed by atoms with E-state index in [-0.39, 0.29) is 25.9 Å². The Morgan fingerprint density at radius 3 is 2.21 bits per heavy atom. The predicted octanol–water partition coefficient (Wildman–Crippen LogP) is 3.21. The average molecular weight is 410 g/mol. The fraction of sp³-hybridized carbons (Fsp3) is 0.400. The molecule has 0 heterocycles. The Morgan fingerprint density at radius 2 is 1.54 bits per heavy atom. The van der Waals surface area contributed by atoms with Gasteiger partial charge in [0, 0.05) is 6.61 Å². The van der Waals surface area contributed by atoms with Crippen LogP contribution in [-0.2, 0) is 25.0 Å². The zero-order valence-corrected chi connectivity index (χ0v) is 16.6. The molecule has 0 radical (unpaired) electrons. The van der Waals surface area contributed by atoms with Crippen LogP contribution >= 0.6 is 7.82 Å². The van der Waals surface area contributed by atoms with Crippen LogP contribution in [0.1, 0.15) is 12.0 Å². The summed E-state index contributed by atoms with van der Waals surface area (Å²) in [6.07, 6.45) is 1.44. The fourth-order valence-electron chi connectivity index (χ4n) is 2.46. The van der Waals surface area contributed by atoms with E-state index in [2.05, 4.69) is 16.7 Å². The van der Waals surface area contributed by atoms with E-state index < -0.39 is 7.82 Å². The van der Waals surface area contributed by atoms with Gasteiger partial charge < -0.3 is 24.0 Å². The van der Waals surface area contributed by atoms with Crippen LogP contribution in [0.2, 0.25) is 0 Å². The quantitative estimate of drug-likeness (QED) is 0.365. The van der Waals surface area contributed by atoms with Gasteiger partial charge in [0.15, 0.2) is 0 Å². The molecule has 0 spiro atoms. The fourth-order valence-corrected chi connectivity index (χ4v) is 2.77. The van der Waals surface area contributed by atoms with Gasteiger partial charge in [-0.2, -0.15) is 0 Å². The molecule has 0 fully saturated rings. The molecule has 0 bridgehead atoms. The van der Waals surface area contributed by atoms with E-state index in [0.717, 1.165) is 12.8 Å². The van der Waals surface area contributed by atoms with Crippen LogP contribution in [0.25, 0.3) is 0 Å². The highest BCUT2D eigenvalue weighted by Gasteiger charge is 2.15. The number of benzene rings is 2. The summed E-state index contributed by atoms with van der Waals surface area (Å²) in [6.45, 7) is 0.983. The van der Waals surface area contributed by atoms with Gasteiger partial charge in [-0.25, -0.2) is 4.57 Å². The zero-order chi connectivity index (χ0) is 20.1. The molecule has 0 saturated carbocycles. The Morgan fingerprint density at radius 1 is 0.857 bits per heavy atom. The predicted molar refractivity (Wildman–Crippen MR) is 105 cm³/mol. The van der Waals surface area contributed by atoms with Gasteiger partial charge in [0.1, 0.15) is 18.5 Å². The Kier molecular flexibility index (Phi) is 10.2. The molecule has 7 nitrogen and oxygen atoms in total. The largest absolute Gasteiger partial charge is 0.491 e. The van der Waals surface area contributed by atoms with Crippen molar-refractivity contribution in [2.24, 2.45) is 0 Å². The highest BCUT2D eigenvalue weighted by molar-refractivity contribution is 7.46. The van der Waals surface area contributed by atoms with E-state index >= 15 is 0 Å². The lowest BCUT2D eigenvalue weighted by atomic mass is 10.1. The van der Waals surface area contributed by atoms with Gasteiger partial charge in [-0.3, -0.25) is 4.52 Å². The van der Waals surface area contributed by atoms with Gasteiger partial charge in [-0.05, 0) is 30.5 Å². The Hall–Kier alpha value is -1.73. The first kappa shape index (κ1) is 22.6. The standard InChI is InChI=1S/C20H27O7P/c21-28(22,23)27-15-14-25-20(17-26-19-11-5-2-6-12-19)16-24-13-7-10-18-8-3-1-4-9-18/h1-6,8-9,11-12,20H,7,10,13-17H2,(H2,21,22,23). The summed E-state index contributed by atoms with van der Waals surface area (Å²) in [5.74, 6) is 0.714. The highest BCUT2D eigenvalue weighted by atomic mass is 31.2. The summed E-state index contributed by atoms with van der Waals surface area (Å²) in [4.78, 5) is 17.4. The first-order chi connectivity index (χ1) is 13.5. The molecule has 1 unspecified atom stereocenters. The van der Waals surface area contributed by atoms with Crippen molar-refractivity contribution in [3.8, 4) is 5.75 Å². The molecule has 0 saturated heterocycles. The minimum Gasteiger partial charge on any atom is -0.491 e. The van der Waals surface area contributed by atoms with Crippen LogP contribution in [0.4, 0.5) is 0 Å². The van der Waals surface area contributed by atoms with Crippen molar-refractivity contribution >= 4 is 7.82 Å². The summed E-state index contributed by atoms with van der Waals surface area (Å²) in [5.41, 5.74) is 1.26. The average Bonchev–Trinajstić information content (AvgIpc) is 2.69. The molecule has 28 heavy (non-hydrogen) atoms. The van der Waals surface area contributed by atoms with E-state index in [1.54, 1.807) is 0 Å². The van der Waals surface area contributed by atoms with E-state index in [1.165, 1.54) is 5.56 Å². The second-order valence-corrected chi connectivity index (χ2v) is 7.34. The number of phosphoric ester groups is 1. The number of para-hydroxylation sites is 1. The zero-order valence-electron chi connectivity index (χ0n) is 15.7. The Labute approximate surface area is 165 Å². The highest BCUT2D eigenvalue weighted by Crippen LogP contribution is 2.35. The summed E-state index contributed by atoms with van der Waals surface area (Å²) in [6, 6.07) is 19.5. The summed E-state index contributed by atoms with van der Waals surface area (Å²) in [7, 11) is -4.49. The van der Waals surface area contributed by atoms with Gasteiger partial charge in [0.05, 0.1) is 19.8 Å². The topological polar surface area (TPSA) is 94.5 Å². The maximum atomic E-state index is 10.7. The molecule has 2 aromatic rings. The van der Waals surface area contributed by atoms with E-state index in [1.807, 2.05) is 48.5 Å². The smallest absolute Gasteiger partial charge is 0.469 e. The van der Waals surface area contributed by atoms with Crippen LogP contribution in [-0.4, -0.2) is 48.9 Å². The minimum absolute atomic E-state index is 0.0291. The van der Waals surface area contributed by atoms with Crippen LogP contribution in [0.3, 0.4) is 0 Å². The number of hydrogen-bond donors (Lipinski definition) is 2. The van der Waals surface area contributed by atoms with Gasteiger partial charge in [0.25, 0.3) is 0 Å². The number of hydrogen-bond acceptors (Lipinski definition) is 5. The third-order valence-corrected chi connectivity index (χ3v) is 4.30. The molecule has 2 aromatic carbocycles. The van der Waals surface area contributed by atoms with Crippen LogP contribution < -0.4 is 4.74 Å². The minimum atomic E-state index is -4.49. The van der Waals surface area contributed by atoms with Crippen molar-refractivity contribution in [1.82, 2.24) is 0 Å². The SMILES string of the molecule is O=P(O)(O)OCCOC(COCCCc1ccccc1)COc1ccccc1. The molecule has 2 N–H and O–H groups in total. The first-order valence-corrected chi connectivity index (χ1v) is 10.7. The maximum Gasteiger partial charge on any atom is 0.469 e. The lowest BCUT2D eigenvalue weighted by molar-refractivity contribution is -0.0463. The van der Waals surface area contributed by atoms with Crippen molar-refractivity contribution in [2.45, 2.75) is 18.9 Å². The maximum absolute atomic E-state index is 10.7. The number of phosphoric acid groups is 1. The molecule has 0 aromatic heterocycles. The van der Waals surface area contributed by atoms with Gasteiger partial charge in [0.2, 0.25) is 0 Å². The summed E-state index contributed by atoms with van der Waals surface area (Å²) < 4.78 is 32.1. The third-order valence-electron chi connectivity index (χ3n) is 3.78. The van der Waals surface area contributed by atoms with Crippen LogP contribution in [0.5, 0.6) is 5.75 Å². The molecule has 2 rings (SSSR count). The molecular formula is C20H27O7P. The molecule has 0 aliphatic rings. The molecule has 0 amide bonds. The van der Waals surface area contributed by atoms with Crippen molar-refractivity contribution in [1.29, 1.82) is 0 Å². The monoisotopic (exact) mass is 410 g/mol. The molecule has 8 heteroatoms. The number of ether oxygens (including phenoxy) is 3.